The lowest BCUT2D eigenvalue weighted by Gasteiger charge is -2.10. The van der Waals surface area contributed by atoms with Gasteiger partial charge >= 0.3 is 6.18 Å². The van der Waals surface area contributed by atoms with Gasteiger partial charge in [0, 0.05) is 5.56 Å². The number of benzene rings is 2. The third kappa shape index (κ3) is 8.98. The highest BCUT2D eigenvalue weighted by Gasteiger charge is 2.30. The number of hydrogen-bond acceptors (Lipinski definition) is 1. The smallest absolute Gasteiger partial charge is 0.295 e. The Kier molecular flexibility index (Phi) is 11.8. The molecule has 0 amide bonds. The molecule has 0 aliphatic carbocycles. The summed E-state index contributed by atoms with van der Waals surface area (Å²) in [5, 5.41) is 0. The van der Waals surface area contributed by atoms with Crippen molar-refractivity contribution in [2.24, 2.45) is 0 Å². The Balaban J connectivity index is 0.000000520. The summed E-state index contributed by atoms with van der Waals surface area (Å²) in [4.78, 5) is 10.6. The molecule has 0 fully saturated rings. The van der Waals surface area contributed by atoms with Crippen molar-refractivity contribution in [1.82, 2.24) is 0 Å². The zero-order valence-electron chi connectivity index (χ0n) is 17.0. The van der Waals surface area contributed by atoms with Crippen molar-refractivity contribution in [1.29, 1.82) is 0 Å². The second-order valence-electron chi connectivity index (χ2n) is 5.71. The van der Waals surface area contributed by atoms with E-state index in [1.165, 1.54) is 37.3 Å². The third-order valence-electron chi connectivity index (χ3n) is 3.66. The predicted molar refractivity (Wildman–Crippen MR) is 108 cm³/mol. The molecule has 0 bridgehead atoms. The Labute approximate surface area is 165 Å². The average Bonchev–Trinajstić information content (AvgIpc) is 2.67. The highest BCUT2D eigenvalue weighted by Crippen LogP contribution is 2.31. The Morgan fingerprint density at radius 3 is 2.00 bits per heavy atom. The van der Waals surface area contributed by atoms with E-state index in [4.69, 9.17) is 0 Å². The fraction of sp³-hybridized carbons (Fsp3) is 0.348. The number of halogens is 4. The molecule has 0 atom stereocenters. The molecular weight excluding hydrogens is 368 g/mol. The van der Waals surface area contributed by atoms with Gasteiger partial charge in [0.15, 0.2) is 5.78 Å². The minimum atomic E-state index is -4.26. The zero-order valence-corrected chi connectivity index (χ0v) is 17.0. The molecule has 0 N–H and O–H groups in total. The monoisotopic (exact) mass is 396 g/mol. The van der Waals surface area contributed by atoms with E-state index in [0.717, 1.165) is 24.5 Å². The summed E-state index contributed by atoms with van der Waals surface area (Å²) in [5.41, 5.74) is 1.47. The maximum Gasteiger partial charge on any atom is 0.416 e. The van der Waals surface area contributed by atoms with E-state index in [0.29, 0.717) is 11.1 Å². The van der Waals surface area contributed by atoms with E-state index in [1.807, 2.05) is 33.8 Å². The third-order valence-corrected chi connectivity index (χ3v) is 3.66. The number of allylic oxidation sites excluding steroid dienone is 2. The van der Waals surface area contributed by atoms with Gasteiger partial charge in [0.1, 0.15) is 5.82 Å². The molecule has 0 radical (unpaired) electrons. The summed E-state index contributed by atoms with van der Waals surface area (Å²) >= 11 is 0. The fourth-order valence-electron chi connectivity index (χ4n) is 2.33. The van der Waals surface area contributed by atoms with E-state index in [1.54, 1.807) is 12.1 Å². The average molecular weight is 396 g/mol. The summed E-state index contributed by atoms with van der Waals surface area (Å²) in [5.74, 6) is -0.479. The largest absolute Gasteiger partial charge is 0.416 e. The van der Waals surface area contributed by atoms with Crippen molar-refractivity contribution in [2.75, 3.05) is 0 Å². The first-order valence-corrected chi connectivity index (χ1v) is 9.28. The Bertz CT molecular complexity index is 761. The molecule has 0 spiro atoms. The van der Waals surface area contributed by atoms with E-state index in [9.17, 15) is 22.4 Å². The molecule has 28 heavy (non-hydrogen) atoms. The zero-order chi connectivity index (χ0) is 21.7. The molecule has 2 aromatic rings. The summed E-state index contributed by atoms with van der Waals surface area (Å²) in [6.07, 6.45) is -0.659. The molecule has 0 aliphatic heterocycles. The standard InChI is InChI=1S/C13H15F3.C8H7FO.C2H6/c1-3-6-10(4-2)11-7-5-8-12(9-11)13(14,15)16;1-6(10)7-3-2-4-8(9)5-7;1-2/h4-5,7-9H,3,6H2,1-2H3;2-5H,1H3;1-2H3/b10-4-;;. The summed E-state index contributed by atoms with van der Waals surface area (Å²) in [6.45, 7) is 9.27. The Hall–Kier alpha value is -2.43. The summed E-state index contributed by atoms with van der Waals surface area (Å²) in [6, 6.07) is 11.1. The number of ketones is 1. The number of Topliss-reactive ketones (excluding diaryl/α,β-unsaturated/α-hetero) is 1. The topological polar surface area (TPSA) is 17.1 Å². The van der Waals surface area contributed by atoms with Crippen LogP contribution in [0.15, 0.2) is 54.6 Å². The fourth-order valence-corrected chi connectivity index (χ4v) is 2.33. The molecule has 5 heteroatoms. The van der Waals surface area contributed by atoms with Crippen molar-refractivity contribution in [3.8, 4) is 0 Å². The van der Waals surface area contributed by atoms with Gasteiger partial charge in [-0.3, -0.25) is 4.79 Å². The molecule has 2 rings (SSSR count). The molecule has 154 valence electrons. The van der Waals surface area contributed by atoms with Gasteiger partial charge in [0.2, 0.25) is 0 Å². The van der Waals surface area contributed by atoms with Gasteiger partial charge in [0.05, 0.1) is 5.56 Å². The number of alkyl halides is 3. The minimum absolute atomic E-state index is 0.112. The van der Waals surface area contributed by atoms with Crippen LogP contribution in [-0.4, -0.2) is 5.78 Å². The maximum atomic E-state index is 12.5. The van der Waals surface area contributed by atoms with Crippen molar-refractivity contribution < 1.29 is 22.4 Å². The lowest BCUT2D eigenvalue weighted by molar-refractivity contribution is -0.137. The first-order valence-electron chi connectivity index (χ1n) is 9.28. The summed E-state index contributed by atoms with van der Waals surface area (Å²) in [7, 11) is 0. The summed E-state index contributed by atoms with van der Waals surface area (Å²) < 4.78 is 49.9. The van der Waals surface area contributed by atoms with E-state index < -0.39 is 11.7 Å². The predicted octanol–water partition coefficient (Wildman–Crippen LogP) is 7.96. The highest BCUT2D eigenvalue weighted by molar-refractivity contribution is 5.93. The van der Waals surface area contributed by atoms with Crippen LogP contribution >= 0.6 is 0 Å². The molecule has 0 aliphatic rings. The quantitative estimate of drug-likeness (QED) is 0.378. The second-order valence-corrected chi connectivity index (χ2v) is 5.71. The lowest BCUT2D eigenvalue weighted by atomic mass is 9.99. The Morgan fingerprint density at radius 1 is 1.00 bits per heavy atom. The van der Waals surface area contributed by atoms with E-state index >= 15 is 0 Å². The normalized spacial score (nSPS) is 11.0. The maximum absolute atomic E-state index is 12.5. The van der Waals surface area contributed by atoms with Gasteiger partial charge in [-0.1, -0.05) is 57.5 Å². The molecule has 2 aromatic carbocycles. The highest BCUT2D eigenvalue weighted by atomic mass is 19.4. The molecule has 0 aromatic heterocycles. The number of carbonyl (C=O) groups is 1. The van der Waals surface area contributed by atoms with E-state index in [-0.39, 0.29) is 11.6 Å². The molecule has 0 saturated carbocycles. The van der Waals surface area contributed by atoms with Crippen molar-refractivity contribution in [2.45, 2.75) is 53.6 Å². The van der Waals surface area contributed by atoms with Crippen LogP contribution < -0.4 is 0 Å². The molecular formula is C23H28F4O. The van der Waals surface area contributed by atoms with Gasteiger partial charge in [-0.2, -0.15) is 13.2 Å². The van der Waals surface area contributed by atoms with Crippen LogP contribution in [0, 0.1) is 5.82 Å². The van der Waals surface area contributed by atoms with Crippen molar-refractivity contribution >= 4 is 11.4 Å². The van der Waals surface area contributed by atoms with Crippen LogP contribution in [0.2, 0.25) is 0 Å². The van der Waals surface area contributed by atoms with Gasteiger partial charge in [0.25, 0.3) is 0 Å². The van der Waals surface area contributed by atoms with Crippen LogP contribution in [0.1, 0.15) is 68.9 Å². The van der Waals surface area contributed by atoms with Crippen LogP contribution in [0.3, 0.4) is 0 Å². The lowest BCUT2D eigenvalue weighted by Crippen LogP contribution is -2.05. The minimum Gasteiger partial charge on any atom is -0.295 e. The second kappa shape index (κ2) is 12.9. The SMILES string of the molecule is C/C=C(/CCC)c1cccc(C(F)(F)F)c1.CC.CC(=O)c1cccc(F)c1. The van der Waals surface area contributed by atoms with Crippen molar-refractivity contribution in [3.63, 3.8) is 0 Å². The van der Waals surface area contributed by atoms with Gasteiger partial charge in [-0.25, -0.2) is 4.39 Å². The van der Waals surface area contributed by atoms with Crippen LogP contribution in [-0.2, 0) is 6.18 Å². The van der Waals surface area contributed by atoms with Gasteiger partial charge in [-0.15, -0.1) is 0 Å². The van der Waals surface area contributed by atoms with Crippen molar-refractivity contribution in [3.05, 3.63) is 77.1 Å². The van der Waals surface area contributed by atoms with Crippen LogP contribution in [0.5, 0.6) is 0 Å². The first kappa shape index (κ1) is 25.6. The molecule has 0 unspecified atom stereocenters. The molecule has 0 heterocycles. The molecule has 1 nitrogen and oxygen atoms in total. The van der Waals surface area contributed by atoms with Crippen LogP contribution in [0.4, 0.5) is 17.6 Å². The molecule has 0 saturated heterocycles. The van der Waals surface area contributed by atoms with Gasteiger partial charge in [-0.05, 0) is 55.7 Å². The number of hydrogen-bond donors (Lipinski definition) is 0. The first-order chi connectivity index (χ1) is 13.2. The van der Waals surface area contributed by atoms with Crippen LogP contribution in [0.25, 0.3) is 5.57 Å². The van der Waals surface area contributed by atoms with E-state index in [2.05, 4.69) is 0 Å². The Morgan fingerprint density at radius 2 is 1.57 bits per heavy atom. The van der Waals surface area contributed by atoms with Gasteiger partial charge < -0.3 is 0 Å². The number of carbonyl (C=O) groups excluding carboxylic acids is 1. The number of rotatable bonds is 4.